The Hall–Kier alpha value is -1.84. The number of ether oxygens (including phenoxy) is 2. The lowest BCUT2D eigenvalue weighted by Crippen LogP contribution is -2.24. The molecule has 1 atom stereocenters. The van der Waals surface area contributed by atoms with Crippen LogP contribution in [0, 0.1) is 5.92 Å². The van der Waals surface area contributed by atoms with E-state index < -0.39 is 53.3 Å². The molecule has 4 heteroatoms. The lowest BCUT2D eigenvalue weighted by atomic mass is 10.0. The quantitative estimate of drug-likeness (QED) is 0.444. The monoisotopic (exact) mass is 338 g/mol. The molecule has 0 aliphatic carbocycles. The highest BCUT2D eigenvalue weighted by Gasteiger charge is 2.22. The molecule has 4 nitrogen and oxygen atoms in total. The molecule has 0 saturated carbocycles. The molecule has 0 aliphatic rings. The Bertz CT molecular complexity index is 704. The molecule has 24 heavy (non-hydrogen) atoms. The first-order chi connectivity index (χ1) is 13.2. The molecule has 0 N–H and O–H groups in total. The van der Waals surface area contributed by atoms with Gasteiger partial charge >= 0.3 is 11.9 Å². The molecule has 134 valence electrons. The van der Waals surface area contributed by atoms with Crippen LogP contribution in [0.3, 0.4) is 0 Å². The number of esters is 2. The highest BCUT2D eigenvalue weighted by molar-refractivity contribution is 6.03. The van der Waals surface area contributed by atoms with Crippen molar-refractivity contribution in [1.82, 2.24) is 0 Å². The average Bonchev–Trinajstić information content (AvgIpc) is 2.66. The summed E-state index contributed by atoms with van der Waals surface area (Å²) in [4.78, 5) is 25.3. The minimum absolute atomic E-state index is 0.0264. The average molecular weight is 338 g/mol. The Morgan fingerprint density at radius 3 is 2.21 bits per heavy atom. The summed E-state index contributed by atoms with van der Waals surface area (Å²) in [5.41, 5.74) is -0.936. The van der Waals surface area contributed by atoms with Gasteiger partial charge in [0.25, 0.3) is 0 Å². The van der Waals surface area contributed by atoms with E-state index in [1.54, 1.807) is 0 Å². The minimum atomic E-state index is -0.939. The zero-order valence-corrected chi connectivity index (χ0v) is 15.0. The molecular weight excluding hydrogens is 304 g/mol. The Balaban J connectivity index is 3.24. The van der Waals surface area contributed by atoms with Gasteiger partial charge in [-0.2, -0.15) is 0 Å². The van der Waals surface area contributed by atoms with E-state index in [0.717, 1.165) is 19.3 Å². The largest absolute Gasteiger partial charge is 0.462 e. The summed E-state index contributed by atoms with van der Waals surface area (Å²) in [7, 11) is 0. The van der Waals surface area contributed by atoms with E-state index >= 15 is 0 Å². The first kappa shape index (κ1) is 14.5. The lowest BCUT2D eigenvalue weighted by molar-refractivity contribution is 0.0167. The van der Waals surface area contributed by atoms with Gasteiger partial charge in [-0.3, -0.25) is 0 Å². The summed E-state index contributed by atoms with van der Waals surface area (Å²) in [6.07, 6.45) is 3.70. The molecule has 0 fully saturated rings. The number of unbranched alkanes of at least 4 members (excludes halogenated alkanes) is 3. The summed E-state index contributed by atoms with van der Waals surface area (Å²) in [6.45, 7) is 7.80. The van der Waals surface area contributed by atoms with Crippen LogP contribution in [0.1, 0.15) is 86.0 Å². The molecule has 0 radical (unpaired) electrons. The van der Waals surface area contributed by atoms with E-state index in [0.29, 0.717) is 12.8 Å². The zero-order valence-electron chi connectivity index (χ0n) is 19.0. The van der Waals surface area contributed by atoms with Gasteiger partial charge in [-0.1, -0.05) is 59.0 Å². The molecule has 0 bridgehead atoms. The van der Waals surface area contributed by atoms with E-state index in [9.17, 15) is 9.59 Å². The Morgan fingerprint density at radius 2 is 1.67 bits per heavy atom. The summed E-state index contributed by atoms with van der Waals surface area (Å²) in [5, 5.41) is 0. The molecule has 0 spiro atoms. The van der Waals surface area contributed by atoms with Gasteiger partial charge in [0.2, 0.25) is 0 Å². The van der Waals surface area contributed by atoms with Crippen LogP contribution < -0.4 is 0 Å². The van der Waals surface area contributed by atoms with Crippen molar-refractivity contribution in [2.45, 2.75) is 65.9 Å². The first-order valence-electron chi connectivity index (χ1n) is 10.7. The maximum absolute atomic E-state index is 12.7. The van der Waals surface area contributed by atoms with Crippen molar-refractivity contribution >= 4 is 11.9 Å². The second kappa shape index (κ2) is 10.8. The van der Waals surface area contributed by atoms with Gasteiger partial charge < -0.3 is 9.47 Å². The van der Waals surface area contributed by atoms with Gasteiger partial charge in [0.05, 0.1) is 23.2 Å². The van der Waals surface area contributed by atoms with Gasteiger partial charge in [0.15, 0.2) is 0 Å². The number of hydrogen-bond acceptors (Lipinski definition) is 4. The molecule has 0 aromatic heterocycles. The standard InChI is InChI=1S/C20H30O4/c1-5-7-8-11-14-23-19(21)16-12-9-10-13-17(16)20(22)24-18(6-2)15(3)4/h9-10,12-13,15,18H,5-8,11,14H2,1-4H3/i9D,10D,12D,13D. The molecule has 1 aromatic rings. The number of carbonyl (C=O) groups is 2. The van der Waals surface area contributed by atoms with Crippen molar-refractivity contribution < 1.29 is 24.5 Å². The third kappa shape index (κ3) is 6.34. The molecule has 0 heterocycles. The maximum Gasteiger partial charge on any atom is 0.339 e. The van der Waals surface area contributed by atoms with Crippen molar-refractivity contribution in [3.8, 4) is 0 Å². The van der Waals surface area contributed by atoms with Gasteiger partial charge in [-0.15, -0.1) is 0 Å². The van der Waals surface area contributed by atoms with Crippen LogP contribution in [0.5, 0.6) is 0 Å². The Morgan fingerprint density at radius 1 is 1.04 bits per heavy atom. The van der Waals surface area contributed by atoms with Crippen LogP contribution in [0.25, 0.3) is 0 Å². The van der Waals surface area contributed by atoms with Gasteiger partial charge in [-0.25, -0.2) is 9.59 Å². The molecule has 0 aliphatic heterocycles. The number of rotatable bonds is 10. The molecule has 1 unspecified atom stereocenters. The van der Waals surface area contributed by atoms with E-state index in [-0.39, 0.29) is 12.5 Å². The summed E-state index contributed by atoms with van der Waals surface area (Å²) in [6, 6.07) is -2.36. The van der Waals surface area contributed by atoms with Crippen molar-refractivity contribution in [3.63, 3.8) is 0 Å². The van der Waals surface area contributed by atoms with E-state index in [1.807, 2.05) is 20.8 Å². The number of carbonyl (C=O) groups excluding carboxylic acids is 2. The zero-order chi connectivity index (χ0) is 21.4. The Labute approximate surface area is 151 Å². The molecule has 1 aromatic carbocycles. The van der Waals surface area contributed by atoms with Crippen molar-refractivity contribution in [1.29, 1.82) is 0 Å². The third-order valence-electron chi connectivity index (χ3n) is 3.73. The number of benzene rings is 1. The second-order valence-electron chi connectivity index (χ2n) is 6.04. The van der Waals surface area contributed by atoms with Crippen LogP contribution in [0.15, 0.2) is 24.2 Å². The highest BCUT2D eigenvalue weighted by Crippen LogP contribution is 2.17. The van der Waals surface area contributed by atoms with Crippen LogP contribution >= 0.6 is 0 Å². The molecule has 1 rings (SSSR count). The lowest BCUT2D eigenvalue weighted by Gasteiger charge is -2.20. The fraction of sp³-hybridized carbons (Fsp3) is 0.600. The van der Waals surface area contributed by atoms with Gasteiger partial charge in [0.1, 0.15) is 6.10 Å². The number of hydrogen-bond donors (Lipinski definition) is 0. The summed E-state index contributed by atoms with van der Waals surface area (Å²) in [5.74, 6) is -1.85. The highest BCUT2D eigenvalue weighted by atomic mass is 16.5. The Kier molecular flexibility index (Phi) is 6.55. The first-order valence-corrected chi connectivity index (χ1v) is 8.65. The van der Waals surface area contributed by atoms with Gasteiger partial charge in [-0.05, 0) is 30.8 Å². The molecule has 0 saturated heterocycles. The van der Waals surface area contributed by atoms with Crippen molar-refractivity contribution in [2.75, 3.05) is 6.61 Å². The van der Waals surface area contributed by atoms with E-state index in [4.69, 9.17) is 15.0 Å². The summed E-state index contributed by atoms with van der Waals surface area (Å²) >= 11 is 0. The SMILES string of the molecule is [2H]c1c([2H])c([2H])c(C(=O)OC(CC)C(C)C)c(C(=O)OCCCCCC)c1[2H]. The molecular formula is C20H30O4. The van der Waals surface area contributed by atoms with Crippen LogP contribution in [-0.4, -0.2) is 24.6 Å². The van der Waals surface area contributed by atoms with Crippen LogP contribution in [0.2, 0.25) is 0 Å². The van der Waals surface area contributed by atoms with Crippen LogP contribution in [0.4, 0.5) is 0 Å². The van der Waals surface area contributed by atoms with E-state index in [1.165, 1.54) is 0 Å². The fourth-order valence-corrected chi connectivity index (χ4v) is 2.27. The predicted molar refractivity (Wildman–Crippen MR) is 95.2 cm³/mol. The normalized spacial score (nSPS) is 14.4. The van der Waals surface area contributed by atoms with Crippen LogP contribution in [-0.2, 0) is 9.47 Å². The van der Waals surface area contributed by atoms with Gasteiger partial charge in [0, 0.05) is 0 Å². The topological polar surface area (TPSA) is 52.6 Å². The van der Waals surface area contributed by atoms with Crippen molar-refractivity contribution in [3.05, 3.63) is 35.3 Å². The third-order valence-corrected chi connectivity index (χ3v) is 3.73. The van der Waals surface area contributed by atoms with E-state index in [2.05, 4.69) is 6.92 Å². The second-order valence-corrected chi connectivity index (χ2v) is 6.04. The predicted octanol–water partition coefficient (Wildman–Crippen LogP) is 5.02. The smallest absolute Gasteiger partial charge is 0.339 e. The van der Waals surface area contributed by atoms with Crippen molar-refractivity contribution in [2.24, 2.45) is 5.92 Å². The maximum atomic E-state index is 12.7. The minimum Gasteiger partial charge on any atom is -0.462 e. The summed E-state index contributed by atoms with van der Waals surface area (Å²) < 4.78 is 42.4. The fourth-order valence-electron chi connectivity index (χ4n) is 2.27. The molecule has 0 amide bonds.